The number of benzene rings is 4. The van der Waals surface area contributed by atoms with Crippen molar-refractivity contribution in [2.24, 2.45) is 11.5 Å². The van der Waals surface area contributed by atoms with E-state index in [0.29, 0.717) is 16.5 Å². The molecule has 10 rings (SSSR count). The van der Waals surface area contributed by atoms with Crippen LogP contribution < -0.4 is 16.2 Å². The van der Waals surface area contributed by atoms with E-state index in [1.807, 2.05) is 57.6 Å². The van der Waals surface area contributed by atoms with Crippen molar-refractivity contribution in [3.8, 4) is 50.8 Å². The number of methoxy groups -OCH3 is 1. The minimum absolute atomic E-state index is 0.158. The third-order valence-corrected chi connectivity index (χ3v) is 11.7. The lowest BCUT2D eigenvalue weighted by Crippen LogP contribution is -2.43. The molecule has 2 aliphatic rings. The van der Waals surface area contributed by atoms with Gasteiger partial charge in [0, 0.05) is 39.4 Å². The van der Waals surface area contributed by atoms with Crippen LogP contribution >= 0.6 is 11.6 Å². The van der Waals surface area contributed by atoms with Gasteiger partial charge in [0.05, 0.1) is 24.2 Å². The molecule has 284 valence electrons. The highest BCUT2D eigenvalue weighted by Crippen LogP contribution is 2.42. The molecule has 0 unspecified atom stereocenters. The quantitative estimate of drug-likeness (QED) is 0.158. The summed E-state index contributed by atoms with van der Waals surface area (Å²) in [4.78, 5) is 9.78. The van der Waals surface area contributed by atoms with Crippen LogP contribution in [-0.4, -0.2) is 36.3 Å². The van der Waals surface area contributed by atoms with Gasteiger partial charge in [0.1, 0.15) is 16.5 Å². The molecule has 2 saturated carbocycles. The van der Waals surface area contributed by atoms with Crippen LogP contribution in [0.5, 0.6) is 5.75 Å². The first kappa shape index (κ1) is 36.5. The number of nitrogens with zero attached hydrogens (tertiary/aromatic N) is 6. The maximum Gasteiger partial charge on any atom is 0.197 e. The zero-order valence-corrected chi connectivity index (χ0v) is 32.5. The summed E-state index contributed by atoms with van der Waals surface area (Å²) < 4.78 is 9.28. The van der Waals surface area contributed by atoms with Crippen LogP contribution in [0.1, 0.15) is 55.3 Å². The first-order valence-electron chi connectivity index (χ1n) is 19.3. The Balaban J connectivity index is 0.000000149. The van der Waals surface area contributed by atoms with Gasteiger partial charge in [0.15, 0.2) is 17.0 Å². The molecule has 4 heterocycles. The predicted octanol–water partition coefficient (Wildman–Crippen LogP) is 10.1. The highest BCUT2D eigenvalue weighted by Gasteiger charge is 2.35. The molecule has 9 nitrogen and oxygen atoms in total. The largest absolute Gasteiger partial charge is 0.493 e. The van der Waals surface area contributed by atoms with Gasteiger partial charge in [-0.1, -0.05) is 127 Å². The molecule has 0 saturated heterocycles. The second kappa shape index (κ2) is 14.7. The predicted molar refractivity (Wildman–Crippen MR) is 229 cm³/mol. The number of nitrogens with two attached hydrogens (primary N) is 2. The third kappa shape index (κ3) is 6.67. The van der Waals surface area contributed by atoms with Gasteiger partial charge < -0.3 is 16.2 Å². The van der Waals surface area contributed by atoms with E-state index in [2.05, 4.69) is 84.5 Å². The van der Waals surface area contributed by atoms with Crippen LogP contribution in [0.25, 0.3) is 62.4 Å². The van der Waals surface area contributed by atoms with Crippen LogP contribution in [-0.2, 0) is 11.1 Å². The Bertz CT molecular complexity index is 2720. The van der Waals surface area contributed by atoms with E-state index in [9.17, 15) is 0 Å². The van der Waals surface area contributed by atoms with Crippen molar-refractivity contribution < 1.29 is 4.74 Å². The summed E-state index contributed by atoms with van der Waals surface area (Å²) in [6.45, 7) is 3.86. The van der Waals surface area contributed by atoms with Crippen molar-refractivity contribution in [3.63, 3.8) is 0 Å². The number of ether oxygens (including phenoxy) is 1. The standard InChI is InChI=1S/C25H24N4O.C22H19ClN4/c1-3-20-16-21(30-2)24-27-22(23(29(24)28-20)18-8-5-4-6-9-18)17-10-12-19(13-11-17)25(26)14-7-15-25;23-18-11-12-19-25-20(21(27(19)26-18)16-5-2-1-3-6-16)15-7-9-17(10-8-15)22(24)13-4-14-22/h3-6,8-13,16H,1,7,14-15,26H2,2H3;1-3,5-12H,4,13-14,24H2. The number of aromatic nitrogens is 6. The lowest BCUT2D eigenvalue weighted by molar-refractivity contribution is 0.253. The molecule has 0 atom stereocenters. The van der Waals surface area contributed by atoms with E-state index in [1.165, 1.54) is 24.0 Å². The van der Waals surface area contributed by atoms with Crippen LogP contribution in [0.2, 0.25) is 5.15 Å². The van der Waals surface area contributed by atoms with E-state index in [0.717, 1.165) is 82.1 Å². The number of imidazole rings is 2. The molecule has 0 spiro atoms. The van der Waals surface area contributed by atoms with E-state index in [-0.39, 0.29) is 11.1 Å². The Morgan fingerprint density at radius 3 is 1.61 bits per heavy atom. The normalized spacial score (nSPS) is 15.3. The van der Waals surface area contributed by atoms with Gasteiger partial charge in [0.2, 0.25) is 0 Å². The highest BCUT2D eigenvalue weighted by molar-refractivity contribution is 6.29. The lowest BCUT2D eigenvalue weighted by Gasteiger charge is -2.38. The van der Waals surface area contributed by atoms with E-state index < -0.39 is 0 Å². The molecule has 57 heavy (non-hydrogen) atoms. The molecule has 0 bridgehead atoms. The first-order chi connectivity index (χ1) is 27.8. The number of halogens is 1. The number of fused-ring (bicyclic) bond motifs is 2. The summed E-state index contributed by atoms with van der Waals surface area (Å²) in [6.07, 6.45) is 8.30. The van der Waals surface area contributed by atoms with E-state index in [1.54, 1.807) is 19.3 Å². The summed E-state index contributed by atoms with van der Waals surface area (Å²) in [5.41, 5.74) is 25.0. The first-order valence-corrected chi connectivity index (χ1v) is 19.7. The fourth-order valence-corrected chi connectivity index (χ4v) is 8.04. The van der Waals surface area contributed by atoms with E-state index in [4.69, 9.17) is 42.9 Å². The van der Waals surface area contributed by atoms with Gasteiger partial charge in [-0.3, -0.25) is 0 Å². The minimum atomic E-state index is -0.177. The van der Waals surface area contributed by atoms with Crippen LogP contribution in [0, 0.1) is 0 Å². The zero-order chi connectivity index (χ0) is 39.1. The van der Waals surface area contributed by atoms with Crippen molar-refractivity contribution >= 4 is 29.0 Å². The monoisotopic (exact) mass is 770 g/mol. The molecule has 4 aromatic heterocycles. The van der Waals surface area contributed by atoms with Gasteiger partial charge in [-0.05, 0) is 67.9 Å². The molecule has 2 aliphatic carbocycles. The smallest absolute Gasteiger partial charge is 0.197 e. The molecule has 2 fully saturated rings. The fourth-order valence-electron chi connectivity index (χ4n) is 7.90. The maximum absolute atomic E-state index is 6.51. The van der Waals surface area contributed by atoms with Gasteiger partial charge in [-0.2, -0.15) is 10.2 Å². The van der Waals surface area contributed by atoms with Crippen molar-refractivity contribution in [3.05, 3.63) is 156 Å². The summed E-state index contributed by atoms with van der Waals surface area (Å²) in [5.74, 6) is 0.662. The molecule has 10 heteroatoms. The van der Waals surface area contributed by atoms with Crippen LogP contribution in [0.15, 0.2) is 134 Å². The van der Waals surface area contributed by atoms with Gasteiger partial charge >= 0.3 is 0 Å². The minimum Gasteiger partial charge on any atom is -0.493 e. The Hall–Kier alpha value is -6.13. The van der Waals surface area contributed by atoms with Crippen LogP contribution in [0.3, 0.4) is 0 Å². The summed E-state index contributed by atoms with van der Waals surface area (Å²) in [7, 11) is 1.65. The topological polar surface area (TPSA) is 122 Å². The molecule has 4 N–H and O–H groups in total. The molecular formula is C47H43ClN8O. The van der Waals surface area contributed by atoms with Crippen molar-refractivity contribution in [2.45, 2.75) is 49.6 Å². The number of rotatable bonds is 8. The molecule has 4 aromatic carbocycles. The van der Waals surface area contributed by atoms with Gasteiger partial charge in [-0.25, -0.2) is 19.0 Å². The van der Waals surface area contributed by atoms with Crippen LogP contribution in [0.4, 0.5) is 0 Å². The summed E-state index contributed by atoms with van der Waals surface area (Å²) in [5, 5.41) is 9.66. The maximum atomic E-state index is 6.51. The average molecular weight is 771 g/mol. The molecule has 8 aromatic rings. The van der Waals surface area contributed by atoms with Crippen molar-refractivity contribution in [2.75, 3.05) is 7.11 Å². The third-order valence-electron chi connectivity index (χ3n) is 11.5. The second-order valence-corrected chi connectivity index (χ2v) is 15.4. The highest BCUT2D eigenvalue weighted by atomic mass is 35.5. The summed E-state index contributed by atoms with van der Waals surface area (Å²) >= 11 is 6.15. The van der Waals surface area contributed by atoms with Gasteiger partial charge in [-0.15, -0.1) is 0 Å². The van der Waals surface area contributed by atoms with E-state index >= 15 is 0 Å². The van der Waals surface area contributed by atoms with Gasteiger partial charge in [0.25, 0.3) is 0 Å². The number of hydrogen-bond donors (Lipinski definition) is 2. The molecule has 0 aliphatic heterocycles. The number of hydrogen-bond acceptors (Lipinski definition) is 7. The molecule has 0 radical (unpaired) electrons. The molecular weight excluding hydrogens is 728 g/mol. The SMILES string of the molecule is C=Cc1cc(OC)c2nc(-c3ccc(C4(N)CCC4)cc3)c(-c3ccccc3)n2n1.NC1(c2ccc(-c3nc4ccc(Cl)nn4c3-c3ccccc3)cc2)CCC1. The average Bonchev–Trinajstić information content (AvgIpc) is 3.81. The van der Waals surface area contributed by atoms with Crippen molar-refractivity contribution in [1.82, 2.24) is 29.2 Å². The Kier molecular flexibility index (Phi) is 9.44. The Morgan fingerprint density at radius 1 is 0.632 bits per heavy atom. The fraction of sp³-hybridized carbons (Fsp3) is 0.191. The Morgan fingerprint density at radius 2 is 1.14 bits per heavy atom. The Labute approximate surface area is 336 Å². The summed E-state index contributed by atoms with van der Waals surface area (Å²) in [6, 6.07) is 42.8. The van der Waals surface area contributed by atoms with Crippen molar-refractivity contribution in [1.29, 1.82) is 0 Å². The lowest BCUT2D eigenvalue weighted by atomic mass is 9.72. The molecule has 0 amide bonds. The second-order valence-electron chi connectivity index (χ2n) is 15.0. The zero-order valence-electron chi connectivity index (χ0n) is 31.8.